The molecule has 1 atom stereocenters. The second kappa shape index (κ2) is 3.71. The monoisotopic (exact) mass is 223 g/mol. The molecule has 6 heteroatoms. The van der Waals surface area contributed by atoms with Crippen molar-refractivity contribution in [2.45, 2.75) is 18.9 Å². The number of hydrogen-bond donors (Lipinski definition) is 2. The van der Waals surface area contributed by atoms with E-state index in [0.29, 0.717) is 25.3 Å². The van der Waals surface area contributed by atoms with Crippen molar-refractivity contribution in [3.05, 3.63) is 17.8 Å². The second-order valence-electron chi connectivity index (χ2n) is 4.25. The Kier molecular flexibility index (Phi) is 2.51. The lowest BCUT2D eigenvalue weighted by molar-refractivity contribution is 0.0688. The third-order valence-electron chi connectivity index (χ3n) is 2.65. The minimum absolute atomic E-state index is 0.0743. The fraction of sp³-hybridized carbons (Fsp3) is 0.500. The highest BCUT2D eigenvalue weighted by Crippen LogP contribution is 2.24. The maximum Gasteiger partial charge on any atom is 0.356 e. The number of anilines is 1. The lowest BCUT2D eigenvalue weighted by Gasteiger charge is -2.19. The smallest absolute Gasteiger partial charge is 0.356 e. The topological polar surface area (TPSA) is 86.5 Å². The molecule has 2 rings (SSSR count). The van der Waals surface area contributed by atoms with Crippen LogP contribution in [0.15, 0.2) is 12.1 Å². The van der Waals surface area contributed by atoms with Gasteiger partial charge in [-0.3, -0.25) is 0 Å². The molecule has 1 aromatic rings. The SMILES string of the molecule is CC1(O)CCN(c2ccc(C(=O)O)nn2)C1. The standard InChI is InChI=1S/C10H13N3O3/c1-10(16)4-5-13(6-10)8-3-2-7(9(14)15)11-12-8/h2-3,16H,4-6H2,1H3,(H,14,15). The molecule has 2 N–H and O–H groups in total. The highest BCUT2D eigenvalue weighted by atomic mass is 16.4. The number of rotatable bonds is 2. The Morgan fingerprint density at radius 1 is 1.50 bits per heavy atom. The third-order valence-corrected chi connectivity index (χ3v) is 2.65. The molecule has 1 aromatic heterocycles. The first kappa shape index (κ1) is 10.8. The maximum atomic E-state index is 10.6. The predicted molar refractivity (Wildman–Crippen MR) is 56.4 cm³/mol. The van der Waals surface area contributed by atoms with E-state index in [2.05, 4.69) is 10.2 Å². The molecule has 86 valence electrons. The van der Waals surface area contributed by atoms with Gasteiger partial charge in [-0.05, 0) is 25.5 Å². The summed E-state index contributed by atoms with van der Waals surface area (Å²) in [7, 11) is 0. The first-order valence-electron chi connectivity index (χ1n) is 5.02. The van der Waals surface area contributed by atoms with Crippen molar-refractivity contribution < 1.29 is 15.0 Å². The van der Waals surface area contributed by atoms with E-state index in [9.17, 15) is 9.90 Å². The van der Waals surface area contributed by atoms with Gasteiger partial charge in [0.15, 0.2) is 11.5 Å². The Labute approximate surface area is 92.5 Å². The molecule has 0 spiro atoms. The Morgan fingerprint density at radius 2 is 2.25 bits per heavy atom. The molecule has 0 aromatic carbocycles. The Bertz CT molecular complexity index is 402. The Hall–Kier alpha value is -1.69. The van der Waals surface area contributed by atoms with Gasteiger partial charge in [0.2, 0.25) is 0 Å². The number of carbonyl (C=O) groups is 1. The molecule has 16 heavy (non-hydrogen) atoms. The predicted octanol–water partition coefficient (Wildman–Crippen LogP) is 0.136. The summed E-state index contributed by atoms with van der Waals surface area (Å²) in [4.78, 5) is 12.5. The van der Waals surface area contributed by atoms with Crippen LogP contribution < -0.4 is 4.90 Å². The summed E-state index contributed by atoms with van der Waals surface area (Å²) in [5.41, 5.74) is -0.776. The summed E-state index contributed by atoms with van der Waals surface area (Å²) < 4.78 is 0. The van der Waals surface area contributed by atoms with Crippen molar-refractivity contribution in [2.75, 3.05) is 18.0 Å². The summed E-state index contributed by atoms with van der Waals surface area (Å²) in [5.74, 6) is -0.491. The van der Waals surface area contributed by atoms with Crippen LogP contribution in [0.2, 0.25) is 0 Å². The Morgan fingerprint density at radius 3 is 2.69 bits per heavy atom. The largest absolute Gasteiger partial charge is 0.476 e. The van der Waals surface area contributed by atoms with Crippen LogP contribution in [0.3, 0.4) is 0 Å². The van der Waals surface area contributed by atoms with Crippen molar-refractivity contribution in [3.8, 4) is 0 Å². The van der Waals surface area contributed by atoms with Crippen LogP contribution in [0.4, 0.5) is 5.82 Å². The van der Waals surface area contributed by atoms with Gasteiger partial charge in [-0.2, -0.15) is 0 Å². The fourth-order valence-electron chi connectivity index (χ4n) is 1.75. The number of carboxylic acid groups (broad SMARTS) is 1. The van der Waals surface area contributed by atoms with E-state index < -0.39 is 11.6 Å². The molecule has 0 aliphatic carbocycles. The van der Waals surface area contributed by atoms with Crippen molar-refractivity contribution >= 4 is 11.8 Å². The number of aromatic carboxylic acids is 1. The van der Waals surface area contributed by atoms with Crippen LogP contribution in [0.5, 0.6) is 0 Å². The van der Waals surface area contributed by atoms with Crippen molar-refractivity contribution in [3.63, 3.8) is 0 Å². The minimum Gasteiger partial charge on any atom is -0.476 e. The van der Waals surface area contributed by atoms with E-state index in [1.807, 2.05) is 4.90 Å². The third kappa shape index (κ3) is 2.11. The van der Waals surface area contributed by atoms with Crippen molar-refractivity contribution in [1.29, 1.82) is 0 Å². The summed E-state index contributed by atoms with van der Waals surface area (Å²) >= 11 is 0. The van der Waals surface area contributed by atoms with Crippen molar-refractivity contribution in [2.24, 2.45) is 0 Å². The quantitative estimate of drug-likeness (QED) is 0.741. The van der Waals surface area contributed by atoms with Crippen LogP contribution >= 0.6 is 0 Å². The highest BCUT2D eigenvalue weighted by Gasteiger charge is 2.32. The number of aromatic nitrogens is 2. The molecule has 1 fully saturated rings. The van der Waals surface area contributed by atoms with E-state index in [4.69, 9.17) is 5.11 Å². The van der Waals surface area contributed by atoms with Gasteiger partial charge in [0, 0.05) is 13.1 Å². The van der Waals surface area contributed by atoms with Gasteiger partial charge in [-0.1, -0.05) is 0 Å². The van der Waals surface area contributed by atoms with E-state index in [-0.39, 0.29) is 5.69 Å². The number of β-amino-alcohol motifs (C(OH)–C–C–N with tert-alkyl or cyclic N) is 1. The molecule has 2 heterocycles. The molecule has 1 aliphatic rings. The van der Waals surface area contributed by atoms with Gasteiger partial charge >= 0.3 is 5.97 Å². The normalized spacial score (nSPS) is 24.8. The molecule has 1 unspecified atom stereocenters. The number of aliphatic hydroxyl groups is 1. The van der Waals surface area contributed by atoms with Gasteiger partial charge in [0.25, 0.3) is 0 Å². The van der Waals surface area contributed by atoms with Gasteiger partial charge in [-0.25, -0.2) is 4.79 Å². The summed E-state index contributed by atoms with van der Waals surface area (Å²) in [6, 6.07) is 3.02. The number of carboxylic acids is 1. The van der Waals surface area contributed by atoms with Gasteiger partial charge in [0.05, 0.1) is 5.60 Å². The molecule has 0 radical (unpaired) electrons. The number of hydrogen-bond acceptors (Lipinski definition) is 5. The second-order valence-corrected chi connectivity index (χ2v) is 4.25. The van der Waals surface area contributed by atoms with Crippen LogP contribution in [0, 0.1) is 0 Å². The zero-order valence-corrected chi connectivity index (χ0v) is 8.92. The van der Waals surface area contributed by atoms with E-state index in [0.717, 1.165) is 0 Å². The van der Waals surface area contributed by atoms with Crippen LogP contribution in [0.1, 0.15) is 23.8 Å². The van der Waals surface area contributed by atoms with Crippen LogP contribution in [-0.2, 0) is 0 Å². The average Bonchev–Trinajstić information content (AvgIpc) is 2.59. The van der Waals surface area contributed by atoms with Crippen LogP contribution in [0.25, 0.3) is 0 Å². The van der Waals surface area contributed by atoms with E-state index in [1.165, 1.54) is 6.07 Å². The number of nitrogens with zero attached hydrogens (tertiary/aromatic N) is 3. The zero-order chi connectivity index (χ0) is 11.8. The maximum absolute atomic E-state index is 10.6. The lowest BCUT2D eigenvalue weighted by Crippen LogP contribution is -2.30. The molecule has 6 nitrogen and oxygen atoms in total. The summed E-state index contributed by atoms with van der Waals surface area (Å²) in [6.45, 7) is 2.97. The van der Waals surface area contributed by atoms with Gasteiger partial charge in [-0.15, -0.1) is 10.2 Å². The minimum atomic E-state index is -1.09. The summed E-state index contributed by atoms with van der Waals surface area (Å²) in [6.07, 6.45) is 0.676. The average molecular weight is 223 g/mol. The fourth-order valence-corrected chi connectivity index (χ4v) is 1.75. The highest BCUT2D eigenvalue weighted by molar-refractivity contribution is 5.85. The molecule has 0 bridgehead atoms. The lowest BCUT2D eigenvalue weighted by atomic mass is 10.1. The molecule has 0 saturated carbocycles. The van der Waals surface area contributed by atoms with Gasteiger partial charge < -0.3 is 15.1 Å². The molecule has 1 aliphatic heterocycles. The molecular formula is C10H13N3O3. The first-order valence-corrected chi connectivity index (χ1v) is 5.02. The molecular weight excluding hydrogens is 210 g/mol. The summed E-state index contributed by atoms with van der Waals surface area (Å²) in [5, 5.41) is 25.9. The van der Waals surface area contributed by atoms with Crippen LogP contribution in [-0.4, -0.2) is 45.1 Å². The Balaban J connectivity index is 2.14. The molecule has 1 saturated heterocycles. The first-order chi connectivity index (χ1) is 7.48. The molecule has 0 amide bonds. The van der Waals surface area contributed by atoms with E-state index in [1.54, 1.807) is 13.0 Å². The van der Waals surface area contributed by atoms with Crippen molar-refractivity contribution in [1.82, 2.24) is 10.2 Å². The zero-order valence-electron chi connectivity index (χ0n) is 8.92. The van der Waals surface area contributed by atoms with E-state index >= 15 is 0 Å². The van der Waals surface area contributed by atoms with Gasteiger partial charge in [0.1, 0.15) is 0 Å².